The van der Waals surface area contributed by atoms with Crippen LogP contribution < -0.4 is 0 Å². The quantitative estimate of drug-likeness (QED) is 0.205. The first-order valence-corrected chi connectivity index (χ1v) is 12.0. The van der Waals surface area contributed by atoms with Crippen molar-refractivity contribution in [1.82, 2.24) is 0 Å². The molecule has 0 saturated heterocycles. The normalized spacial score (nSPS) is 12.1. The van der Waals surface area contributed by atoms with Crippen LogP contribution in [0.25, 0.3) is 17.2 Å². The maximum absolute atomic E-state index is 2.27. The molecule has 30 heavy (non-hydrogen) atoms. The molecule has 0 nitrogen and oxygen atoms in total. The Hall–Kier alpha value is -2.68. The summed E-state index contributed by atoms with van der Waals surface area (Å²) >= 11 is 3.89. The van der Waals surface area contributed by atoms with E-state index in [1.807, 2.05) is 23.5 Å². The van der Waals surface area contributed by atoms with Gasteiger partial charge >= 0.3 is 0 Å². The molecular weight excluding hydrogens is 400 g/mol. The zero-order chi connectivity index (χ0) is 20.4. The Morgan fingerprint density at radius 3 is 1.83 bits per heavy atom. The molecule has 1 atom stereocenters. The number of rotatable bonds is 8. The SMILES string of the molecule is C(=C\c1ccccc1)/CSC(Sc1ccccc1)c1ccc(-c2ccccc2)cc1. The Balaban J connectivity index is 1.49. The summed E-state index contributed by atoms with van der Waals surface area (Å²) in [5, 5.41) is 0. The molecular formula is C28H24S2. The molecule has 0 spiro atoms. The number of thioether (sulfide) groups is 2. The Morgan fingerprint density at radius 2 is 1.17 bits per heavy atom. The van der Waals surface area contributed by atoms with Gasteiger partial charge in [0.25, 0.3) is 0 Å². The summed E-state index contributed by atoms with van der Waals surface area (Å²) in [6, 6.07) is 40.7. The molecule has 0 aliphatic rings. The van der Waals surface area contributed by atoms with Gasteiger partial charge in [-0.05, 0) is 34.4 Å². The fraction of sp³-hybridized carbons (Fsp3) is 0.0714. The third kappa shape index (κ3) is 5.91. The van der Waals surface area contributed by atoms with Crippen molar-refractivity contribution in [2.75, 3.05) is 5.75 Å². The van der Waals surface area contributed by atoms with Crippen molar-refractivity contribution in [2.24, 2.45) is 0 Å². The zero-order valence-electron chi connectivity index (χ0n) is 16.7. The van der Waals surface area contributed by atoms with E-state index in [2.05, 4.69) is 127 Å². The molecule has 4 aromatic rings. The van der Waals surface area contributed by atoms with E-state index in [1.165, 1.54) is 27.1 Å². The zero-order valence-corrected chi connectivity index (χ0v) is 18.4. The van der Waals surface area contributed by atoms with Gasteiger partial charge in [-0.25, -0.2) is 0 Å². The summed E-state index contributed by atoms with van der Waals surface area (Å²) in [5.41, 5.74) is 5.12. The standard InChI is InChI=1S/C28H24S2/c1-4-11-23(12-5-1)13-10-22-29-28(30-27-16-8-3-9-17-27)26-20-18-25(19-21-26)24-14-6-2-7-15-24/h1-21,28H,22H2/b13-10+. The highest BCUT2D eigenvalue weighted by atomic mass is 32.2. The van der Waals surface area contributed by atoms with Gasteiger partial charge in [0.1, 0.15) is 0 Å². The van der Waals surface area contributed by atoms with Crippen molar-refractivity contribution in [2.45, 2.75) is 9.48 Å². The van der Waals surface area contributed by atoms with E-state index in [9.17, 15) is 0 Å². The molecule has 0 saturated carbocycles. The molecule has 4 aromatic carbocycles. The summed E-state index contributed by atoms with van der Waals surface area (Å²) in [4.78, 5) is 1.30. The second-order valence-corrected chi connectivity index (χ2v) is 9.51. The second-order valence-electron chi connectivity index (χ2n) is 6.90. The van der Waals surface area contributed by atoms with Crippen molar-refractivity contribution >= 4 is 29.6 Å². The summed E-state index contributed by atoms with van der Waals surface area (Å²) in [6.07, 6.45) is 4.46. The Morgan fingerprint density at radius 1 is 0.600 bits per heavy atom. The van der Waals surface area contributed by atoms with Crippen molar-refractivity contribution in [3.63, 3.8) is 0 Å². The largest absolute Gasteiger partial charge is 0.138 e. The lowest BCUT2D eigenvalue weighted by atomic mass is 10.0. The van der Waals surface area contributed by atoms with Crippen LogP contribution in [0, 0.1) is 0 Å². The average molecular weight is 425 g/mol. The molecule has 0 aliphatic carbocycles. The number of hydrogen-bond donors (Lipinski definition) is 0. The van der Waals surface area contributed by atoms with Gasteiger partial charge in [-0.1, -0.05) is 115 Å². The van der Waals surface area contributed by atoms with Gasteiger partial charge in [0, 0.05) is 10.6 Å². The lowest BCUT2D eigenvalue weighted by molar-refractivity contribution is 1.35. The van der Waals surface area contributed by atoms with Gasteiger partial charge in [0.15, 0.2) is 0 Å². The van der Waals surface area contributed by atoms with E-state index in [4.69, 9.17) is 0 Å². The van der Waals surface area contributed by atoms with Crippen LogP contribution in [-0.4, -0.2) is 5.75 Å². The van der Waals surface area contributed by atoms with Crippen LogP contribution in [0.15, 0.2) is 126 Å². The summed E-state index contributed by atoms with van der Waals surface area (Å²) in [7, 11) is 0. The summed E-state index contributed by atoms with van der Waals surface area (Å²) in [6.45, 7) is 0. The first-order valence-electron chi connectivity index (χ1n) is 10.1. The third-order valence-corrected chi connectivity index (χ3v) is 7.42. The number of hydrogen-bond acceptors (Lipinski definition) is 2. The van der Waals surface area contributed by atoms with E-state index >= 15 is 0 Å². The number of benzene rings is 4. The van der Waals surface area contributed by atoms with Crippen LogP contribution in [0.3, 0.4) is 0 Å². The molecule has 2 heteroatoms. The van der Waals surface area contributed by atoms with Crippen LogP contribution in [-0.2, 0) is 0 Å². The van der Waals surface area contributed by atoms with Crippen LogP contribution in [0.2, 0.25) is 0 Å². The minimum absolute atomic E-state index is 0.345. The van der Waals surface area contributed by atoms with Gasteiger partial charge in [-0.3, -0.25) is 0 Å². The fourth-order valence-electron chi connectivity index (χ4n) is 3.18. The van der Waals surface area contributed by atoms with E-state index in [-0.39, 0.29) is 0 Å². The van der Waals surface area contributed by atoms with Crippen LogP contribution in [0.4, 0.5) is 0 Å². The smallest absolute Gasteiger partial charge is 0.0801 e. The van der Waals surface area contributed by atoms with E-state index < -0.39 is 0 Å². The maximum atomic E-state index is 2.27. The first-order chi connectivity index (χ1) is 14.9. The lowest BCUT2D eigenvalue weighted by Crippen LogP contribution is -1.91. The fourth-order valence-corrected chi connectivity index (χ4v) is 5.60. The molecule has 0 heterocycles. The predicted molar refractivity (Wildman–Crippen MR) is 135 cm³/mol. The molecule has 1 unspecified atom stereocenters. The molecule has 0 radical (unpaired) electrons. The highest BCUT2D eigenvalue weighted by molar-refractivity contribution is 8.16. The summed E-state index contributed by atoms with van der Waals surface area (Å²) < 4.78 is 0.345. The van der Waals surface area contributed by atoms with Gasteiger partial charge < -0.3 is 0 Å². The maximum Gasteiger partial charge on any atom is 0.0801 e. The van der Waals surface area contributed by atoms with Gasteiger partial charge in [0.2, 0.25) is 0 Å². The Bertz CT molecular complexity index is 1040. The van der Waals surface area contributed by atoms with Crippen molar-refractivity contribution in [3.8, 4) is 11.1 Å². The van der Waals surface area contributed by atoms with Crippen LogP contribution in [0.5, 0.6) is 0 Å². The molecule has 0 fully saturated rings. The molecule has 0 aromatic heterocycles. The Labute approximate surface area is 188 Å². The third-order valence-electron chi connectivity index (χ3n) is 4.73. The first kappa shape index (κ1) is 20.6. The van der Waals surface area contributed by atoms with Crippen molar-refractivity contribution < 1.29 is 0 Å². The van der Waals surface area contributed by atoms with Crippen LogP contribution >= 0.6 is 23.5 Å². The monoisotopic (exact) mass is 424 g/mol. The topological polar surface area (TPSA) is 0 Å². The molecule has 0 bridgehead atoms. The lowest BCUT2D eigenvalue weighted by Gasteiger charge is -2.17. The highest BCUT2D eigenvalue weighted by Crippen LogP contribution is 2.44. The minimum Gasteiger partial charge on any atom is -0.138 e. The minimum atomic E-state index is 0.345. The van der Waals surface area contributed by atoms with E-state index in [0.717, 1.165) is 5.75 Å². The Kier molecular flexibility index (Phi) is 7.49. The predicted octanol–water partition coefficient (Wildman–Crippen LogP) is 8.59. The van der Waals surface area contributed by atoms with Gasteiger partial charge in [0.05, 0.1) is 4.58 Å². The second kappa shape index (κ2) is 10.9. The van der Waals surface area contributed by atoms with E-state index in [1.54, 1.807) is 0 Å². The molecule has 4 rings (SSSR count). The van der Waals surface area contributed by atoms with Gasteiger partial charge in [-0.2, -0.15) is 0 Å². The van der Waals surface area contributed by atoms with Crippen molar-refractivity contribution in [3.05, 3.63) is 132 Å². The average Bonchev–Trinajstić information content (AvgIpc) is 2.83. The molecule has 0 aliphatic heterocycles. The molecule has 148 valence electrons. The molecule has 0 N–H and O–H groups in total. The van der Waals surface area contributed by atoms with E-state index in [0.29, 0.717) is 4.58 Å². The van der Waals surface area contributed by atoms with Crippen molar-refractivity contribution in [1.29, 1.82) is 0 Å². The van der Waals surface area contributed by atoms with Crippen LogP contribution in [0.1, 0.15) is 15.7 Å². The molecule has 0 amide bonds. The highest BCUT2D eigenvalue weighted by Gasteiger charge is 2.13. The summed E-state index contributed by atoms with van der Waals surface area (Å²) in [5.74, 6) is 0.972. The van der Waals surface area contributed by atoms with Gasteiger partial charge in [-0.15, -0.1) is 23.5 Å².